The van der Waals surface area contributed by atoms with Crippen molar-refractivity contribution in [2.45, 2.75) is 13.0 Å². The lowest BCUT2D eigenvalue weighted by Gasteiger charge is -2.09. The highest BCUT2D eigenvalue weighted by Gasteiger charge is 2.16. The van der Waals surface area contributed by atoms with Crippen molar-refractivity contribution in [3.63, 3.8) is 0 Å². The molecular weight excluding hydrogens is 307 g/mol. The fourth-order valence-electron chi connectivity index (χ4n) is 0.973. The van der Waals surface area contributed by atoms with E-state index in [4.69, 9.17) is 9.84 Å². The van der Waals surface area contributed by atoms with Gasteiger partial charge in [-0.25, -0.2) is 13.8 Å². The van der Waals surface area contributed by atoms with E-state index in [2.05, 4.69) is 4.98 Å². The van der Waals surface area contributed by atoms with Crippen LogP contribution in [0.2, 0.25) is 0 Å². The predicted octanol–water partition coefficient (Wildman–Crippen LogP) is 2.12. The molecule has 14 heavy (non-hydrogen) atoms. The summed E-state index contributed by atoms with van der Waals surface area (Å²) in [6.07, 6.45) is -2.63. The highest BCUT2D eigenvalue weighted by Crippen LogP contribution is 2.27. The number of aliphatic hydroxyl groups is 1. The van der Waals surface area contributed by atoms with Crippen LogP contribution in [0.25, 0.3) is 0 Å². The molecule has 0 spiro atoms. The lowest BCUT2D eigenvalue weighted by atomic mass is 10.2. The third-order valence-corrected chi connectivity index (χ3v) is 2.55. The van der Waals surface area contributed by atoms with Gasteiger partial charge >= 0.3 is 0 Å². The quantitative estimate of drug-likeness (QED) is 0.686. The number of hydrogen-bond acceptors (Lipinski definition) is 3. The number of halogens is 3. The van der Waals surface area contributed by atoms with E-state index in [1.165, 1.54) is 7.11 Å². The first kappa shape index (κ1) is 11.6. The fourth-order valence-corrected chi connectivity index (χ4v) is 1.69. The molecule has 0 unspecified atom stereocenters. The maximum atomic E-state index is 12.3. The number of aliphatic hydroxyl groups excluding tert-OH is 1. The zero-order valence-electron chi connectivity index (χ0n) is 7.30. The Morgan fingerprint density at radius 2 is 2.29 bits per heavy atom. The van der Waals surface area contributed by atoms with Crippen molar-refractivity contribution in [1.82, 2.24) is 4.98 Å². The molecular formula is C8H8F2INO2. The predicted molar refractivity (Wildman–Crippen MR) is 54.4 cm³/mol. The molecule has 1 heterocycles. The summed E-state index contributed by atoms with van der Waals surface area (Å²) >= 11 is 1.78. The van der Waals surface area contributed by atoms with Crippen LogP contribution in [0.5, 0.6) is 5.75 Å². The van der Waals surface area contributed by atoms with E-state index >= 15 is 0 Å². The van der Waals surface area contributed by atoms with Gasteiger partial charge in [-0.3, -0.25) is 0 Å². The Labute approximate surface area is 93.2 Å². The first-order valence-electron chi connectivity index (χ1n) is 3.72. The minimum Gasteiger partial charge on any atom is -0.496 e. The van der Waals surface area contributed by atoms with Crippen LogP contribution in [0.3, 0.4) is 0 Å². The Balaban J connectivity index is 3.24. The number of ether oxygens (including phenoxy) is 1. The second-order valence-electron chi connectivity index (χ2n) is 2.48. The lowest BCUT2D eigenvalue weighted by molar-refractivity contribution is 0.145. The van der Waals surface area contributed by atoms with E-state index in [0.29, 0.717) is 9.26 Å². The molecule has 78 valence electrons. The summed E-state index contributed by atoms with van der Waals surface area (Å²) in [6, 6.07) is 1.14. The van der Waals surface area contributed by atoms with E-state index < -0.39 is 6.43 Å². The zero-order valence-corrected chi connectivity index (χ0v) is 9.46. The monoisotopic (exact) mass is 315 g/mol. The van der Waals surface area contributed by atoms with Crippen LogP contribution >= 0.6 is 22.6 Å². The van der Waals surface area contributed by atoms with Crippen molar-refractivity contribution in [1.29, 1.82) is 0 Å². The van der Waals surface area contributed by atoms with E-state index in [9.17, 15) is 8.78 Å². The maximum Gasteiger partial charge on any atom is 0.280 e. The molecule has 6 heteroatoms. The van der Waals surface area contributed by atoms with Crippen LogP contribution in [-0.4, -0.2) is 17.2 Å². The molecule has 0 atom stereocenters. The average Bonchev–Trinajstić information content (AvgIpc) is 2.16. The van der Waals surface area contributed by atoms with E-state index in [-0.39, 0.29) is 18.1 Å². The van der Waals surface area contributed by atoms with Gasteiger partial charge in [0.1, 0.15) is 15.1 Å². The van der Waals surface area contributed by atoms with Crippen LogP contribution in [0, 0.1) is 3.70 Å². The fraction of sp³-hybridized carbons (Fsp3) is 0.375. The third kappa shape index (κ3) is 2.30. The van der Waals surface area contributed by atoms with Crippen LogP contribution in [0.1, 0.15) is 17.7 Å². The first-order chi connectivity index (χ1) is 6.60. The highest BCUT2D eigenvalue weighted by molar-refractivity contribution is 14.1. The Hall–Kier alpha value is -0.500. The number of nitrogens with zero attached hydrogens (tertiary/aromatic N) is 1. The summed E-state index contributed by atoms with van der Waals surface area (Å²) in [5.41, 5.74) is 0.0842. The van der Waals surface area contributed by atoms with E-state index in [1.54, 1.807) is 22.6 Å². The van der Waals surface area contributed by atoms with Crippen LogP contribution < -0.4 is 4.74 Å². The minimum atomic E-state index is -2.63. The molecule has 1 rings (SSSR count). The summed E-state index contributed by atoms with van der Waals surface area (Å²) in [6.45, 7) is -0.280. The summed E-state index contributed by atoms with van der Waals surface area (Å²) in [5, 5.41) is 8.95. The number of alkyl halides is 2. The topological polar surface area (TPSA) is 42.4 Å². The van der Waals surface area contributed by atoms with Gasteiger partial charge < -0.3 is 9.84 Å². The molecule has 0 aliphatic carbocycles. The number of hydrogen-bond donors (Lipinski definition) is 1. The largest absolute Gasteiger partial charge is 0.496 e. The molecule has 0 aliphatic heterocycles. The number of rotatable bonds is 3. The van der Waals surface area contributed by atoms with Gasteiger partial charge in [-0.2, -0.15) is 0 Å². The molecule has 0 aliphatic rings. The molecule has 0 amide bonds. The van der Waals surface area contributed by atoms with Gasteiger partial charge in [-0.15, -0.1) is 0 Å². The first-order valence-corrected chi connectivity index (χ1v) is 4.80. The summed E-state index contributed by atoms with van der Waals surface area (Å²) in [7, 11) is 1.36. The van der Waals surface area contributed by atoms with Gasteiger partial charge in [0.15, 0.2) is 0 Å². The van der Waals surface area contributed by atoms with E-state index in [0.717, 1.165) is 6.07 Å². The van der Waals surface area contributed by atoms with Crippen molar-refractivity contribution < 1.29 is 18.6 Å². The van der Waals surface area contributed by atoms with Crippen molar-refractivity contribution in [3.05, 3.63) is 21.0 Å². The van der Waals surface area contributed by atoms with Gasteiger partial charge in [-0.05, 0) is 22.6 Å². The summed E-state index contributed by atoms with van der Waals surface area (Å²) < 4.78 is 29.8. The van der Waals surface area contributed by atoms with Crippen molar-refractivity contribution >= 4 is 22.6 Å². The molecule has 1 aromatic rings. The Bertz CT molecular complexity index is 333. The van der Waals surface area contributed by atoms with Crippen LogP contribution in [-0.2, 0) is 6.61 Å². The Morgan fingerprint density at radius 3 is 2.71 bits per heavy atom. The highest BCUT2D eigenvalue weighted by atomic mass is 127. The molecule has 0 bridgehead atoms. The van der Waals surface area contributed by atoms with E-state index in [1.807, 2.05) is 0 Å². The molecule has 0 radical (unpaired) electrons. The molecule has 0 aromatic carbocycles. The Morgan fingerprint density at radius 1 is 1.64 bits per heavy atom. The standard InChI is InChI=1S/C8H8F2INO2/c1-14-6-2-5(7(9)10)12-8(11)4(6)3-13/h2,7,13H,3H2,1H3. The third-order valence-electron chi connectivity index (χ3n) is 1.65. The zero-order chi connectivity index (χ0) is 10.7. The molecule has 3 nitrogen and oxygen atoms in total. The Kier molecular flexibility index (Phi) is 3.99. The van der Waals surface area contributed by atoms with Crippen LogP contribution in [0.4, 0.5) is 8.78 Å². The summed E-state index contributed by atoms with van der Waals surface area (Å²) in [5.74, 6) is 0.238. The number of methoxy groups -OCH3 is 1. The van der Waals surface area contributed by atoms with Crippen molar-refractivity contribution in [3.8, 4) is 5.75 Å². The molecule has 0 saturated carbocycles. The minimum absolute atomic E-state index is 0.238. The maximum absolute atomic E-state index is 12.3. The number of aromatic nitrogens is 1. The van der Waals surface area contributed by atoms with Crippen molar-refractivity contribution in [2.24, 2.45) is 0 Å². The second kappa shape index (κ2) is 4.83. The normalized spacial score (nSPS) is 10.7. The second-order valence-corrected chi connectivity index (χ2v) is 3.50. The van der Waals surface area contributed by atoms with Crippen LogP contribution in [0.15, 0.2) is 6.07 Å². The average molecular weight is 315 g/mol. The molecule has 1 N–H and O–H groups in total. The van der Waals surface area contributed by atoms with Gasteiger partial charge in [0.25, 0.3) is 6.43 Å². The smallest absolute Gasteiger partial charge is 0.280 e. The summed E-state index contributed by atoms with van der Waals surface area (Å²) in [4.78, 5) is 3.65. The van der Waals surface area contributed by atoms with Gasteiger partial charge in [0, 0.05) is 6.07 Å². The van der Waals surface area contributed by atoms with Crippen molar-refractivity contribution in [2.75, 3.05) is 7.11 Å². The SMILES string of the molecule is COc1cc(C(F)F)nc(I)c1CO. The molecule has 0 fully saturated rings. The van der Waals surface area contributed by atoms with Gasteiger partial charge in [0.2, 0.25) is 0 Å². The molecule has 0 saturated heterocycles. The van der Waals surface area contributed by atoms with Gasteiger partial charge in [-0.1, -0.05) is 0 Å². The number of pyridine rings is 1. The molecule has 1 aromatic heterocycles. The van der Waals surface area contributed by atoms with Gasteiger partial charge in [0.05, 0.1) is 19.3 Å². The lowest BCUT2D eigenvalue weighted by Crippen LogP contribution is -2.02.